The maximum atomic E-state index is 13.3. The Balaban J connectivity index is 2.92. The van der Waals surface area contributed by atoms with E-state index in [1.165, 1.54) is 14.0 Å². The molecule has 2 nitrogen and oxygen atoms in total. The van der Waals surface area contributed by atoms with Crippen LogP contribution in [-0.4, -0.2) is 12.9 Å². The van der Waals surface area contributed by atoms with E-state index in [0.717, 1.165) is 12.1 Å². The minimum absolute atomic E-state index is 0.0639. The fourth-order valence-electron chi connectivity index (χ4n) is 1.24. The molecule has 4 heteroatoms. The van der Waals surface area contributed by atoms with Gasteiger partial charge in [0, 0.05) is 24.1 Å². The topological polar surface area (TPSA) is 26.3 Å². The molecular formula is C11H12F2O2. The summed E-state index contributed by atoms with van der Waals surface area (Å²) in [6.07, 6.45) is 0.219. The summed E-state index contributed by atoms with van der Waals surface area (Å²) < 4.78 is 31.3. The van der Waals surface area contributed by atoms with Crippen LogP contribution in [0.5, 0.6) is 5.75 Å². The van der Waals surface area contributed by atoms with Crippen molar-refractivity contribution in [3.8, 4) is 5.75 Å². The number of hydrogen-bond acceptors (Lipinski definition) is 2. The fourth-order valence-corrected chi connectivity index (χ4v) is 1.24. The van der Waals surface area contributed by atoms with E-state index in [9.17, 15) is 13.6 Å². The largest absolute Gasteiger partial charge is 0.497 e. The summed E-state index contributed by atoms with van der Waals surface area (Å²) in [4.78, 5) is 10.7. The molecular weight excluding hydrogens is 202 g/mol. The minimum atomic E-state index is -0.673. The Morgan fingerprint density at radius 2 is 1.87 bits per heavy atom. The number of carbonyl (C=O) groups excluding carboxylic acids is 1. The zero-order valence-corrected chi connectivity index (χ0v) is 8.64. The summed E-state index contributed by atoms with van der Waals surface area (Å²) in [5.74, 6) is -1.30. The molecule has 0 spiro atoms. The molecule has 0 aliphatic rings. The lowest BCUT2D eigenvalue weighted by atomic mass is 10.1. The second-order valence-electron chi connectivity index (χ2n) is 3.27. The third kappa shape index (κ3) is 3.01. The first-order valence-corrected chi connectivity index (χ1v) is 4.56. The lowest BCUT2D eigenvalue weighted by molar-refractivity contribution is -0.116. The van der Waals surface area contributed by atoms with Crippen molar-refractivity contribution in [1.29, 1.82) is 0 Å². The van der Waals surface area contributed by atoms with Gasteiger partial charge in [-0.1, -0.05) is 0 Å². The monoisotopic (exact) mass is 214 g/mol. The van der Waals surface area contributed by atoms with Crippen molar-refractivity contribution in [2.24, 2.45) is 0 Å². The molecule has 0 aliphatic heterocycles. The van der Waals surface area contributed by atoms with Crippen LogP contribution < -0.4 is 4.74 Å². The molecule has 0 N–H and O–H groups in total. The molecule has 0 heterocycles. The number of hydrogen-bond donors (Lipinski definition) is 0. The summed E-state index contributed by atoms with van der Waals surface area (Å²) in [6, 6.07) is 2.22. The summed E-state index contributed by atoms with van der Waals surface area (Å²) >= 11 is 0. The molecule has 0 bridgehead atoms. The van der Waals surface area contributed by atoms with E-state index in [4.69, 9.17) is 4.74 Å². The Kier molecular flexibility index (Phi) is 3.77. The number of Topliss-reactive ketones (excluding diaryl/α,β-unsaturated/α-hetero) is 1. The van der Waals surface area contributed by atoms with Gasteiger partial charge in [0.1, 0.15) is 23.2 Å². The molecule has 0 fully saturated rings. The maximum Gasteiger partial charge on any atom is 0.133 e. The standard InChI is InChI=1S/C11H12F2O2/c1-7(14)3-4-9-10(12)5-8(15-2)6-11(9)13/h5-6H,3-4H2,1-2H3. The van der Waals surface area contributed by atoms with Gasteiger partial charge in [0.15, 0.2) is 0 Å². The van der Waals surface area contributed by atoms with E-state index in [0.29, 0.717) is 0 Å². The molecule has 0 amide bonds. The predicted octanol–water partition coefficient (Wildman–Crippen LogP) is 2.50. The Morgan fingerprint density at radius 1 is 1.33 bits per heavy atom. The van der Waals surface area contributed by atoms with Crippen molar-refractivity contribution in [2.45, 2.75) is 19.8 Å². The molecule has 0 aliphatic carbocycles. The Morgan fingerprint density at radius 3 is 2.27 bits per heavy atom. The quantitative estimate of drug-likeness (QED) is 0.769. The molecule has 0 atom stereocenters. The minimum Gasteiger partial charge on any atom is -0.497 e. The van der Waals surface area contributed by atoms with Crippen LogP contribution in [0.3, 0.4) is 0 Å². The van der Waals surface area contributed by atoms with Crippen LogP contribution >= 0.6 is 0 Å². The Bertz CT molecular complexity index is 352. The van der Waals surface area contributed by atoms with Crippen LogP contribution in [0, 0.1) is 11.6 Å². The number of benzene rings is 1. The summed E-state index contributed by atoms with van der Waals surface area (Å²) in [5, 5.41) is 0. The van der Waals surface area contributed by atoms with Crippen molar-refractivity contribution in [2.75, 3.05) is 7.11 Å². The van der Waals surface area contributed by atoms with Crippen LogP contribution in [-0.2, 0) is 11.2 Å². The van der Waals surface area contributed by atoms with Crippen LogP contribution in [0.1, 0.15) is 18.9 Å². The first-order valence-electron chi connectivity index (χ1n) is 4.56. The van der Waals surface area contributed by atoms with E-state index in [2.05, 4.69) is 0 Å². The lowest BCUT2D eigenvalue weighted by Crippen LogP contribution is -2.01. The van der Waals surface area contributed by atoms with E-state index in [-0.39, 0.29) is 29.9 Å². The van der Waals surface area contributed by atoms with Crippen molar-refractivity contribution < 1.29 is 18.3 Å². The van der Waals surface area contributed by atoms with Crippen molar-refractivity contribution in [1.82, 2.24) is 0 Å². The van der Waals surface area contributed by atoms with Gasteiger partial charge in [-0.3, -0.25) is 0 Å². The van der Waals surface area contributed by atoms with E-state index >= 15 is 0 Å². The van der Waals surface area contributed by atoms with Crippen LogP contribution in [0.4, 0.5) is 8.78 Å². The van der Waals surface area contributed by atoms with E-state index in [1.54, 1.807) is 0 Å². The predicted molar refractivity (Wildman–Crippen MR) is 51.9 cm³/mol. The lowest BCUT2D eigenvalue weighted by Gasteiger charge is -2.06. The normalized spacial score (nSPS) is 10.1. The fraction of sp³-hybridized carbons (Fsp3) is 0.364. The van der Waals surface area contributed by atoms with Crippen molar-refractivity contribution >= 4 is 5.78 Å². The summed E-state index contributed by atoms with van der Waals surface area (Å²) in [5.41, 5.74) is -0.0639. The molecule has 0 saturated carbocycles. The second kappa shape index (κ2) is 4.87. The number of halogens is 2. The van der Waals surface area contributed by atoms with Gasteiger partial charge in [0.2, 0.25) is 0 Å². The first kappa shape index (κ1) is 11.6. The molecule has 15 heavy (non-hydrogen) atoms. The van der Waals surface area contributed by atoms with Crippen LogP contribution in [0.25, 0.3) is 0 Å². The second-order valence-corrected chi connectivity index (χ2v) is 3.27. The van der Waals surface area contributed by atoms with Gasteiger partial charge in [-0.25, -0.2) is 8.78 Å². The number of carbonyl (C=O) groups is 1. The van der Waals surface area contributed by atoms with Gasteiger partial charge in [-0.2, -0.15) is 0 Å². The van der Waals surface area contributed by atoms with Gasteiger partial charge in [-0.05, 0) is 13.3 Å². The van der Waals surface area contributed by atoms with Crippen molar-refractivity contribution in [3.05, 3.63) is 29.3 Å². The molecule has 1 rings (SSSR count). The van der Waals surface area contributed by atoms with Crippen LogP contribution in [0.2, 0.25) is 0 Å². The average Bonchev–Trinajstić information content (AvgIpc) is 2.15. The Hall–Kier alpha value is -1.45. The number of rotatable bonds is 4. The van der Waals surface area contributed by atoms with Gasteiger partial charge >= 0.3 is 0 Å². The van der Waals surface area contributed by atoms with Crippen LogP contribution in [0.15, 0.2) is 12.1 Å². The zero-order chi connectivity index (χ0) is 11.4. The highest BCUT2D eigenvalue weighted by Crippen LogP contribution is 2.21. The summed E-state index contributed by atoms with van der Waals surface area (Å²) in [6.45, 7) is 1.39. The van der Waals surface area contributed by atoms with Gasteiger partial charge < -0.3 is 9.53 Å². The van der Waals surface area contributed by atoms with E-state index < -0.39 is 11.6 Å². The highest BCUT2D eigenvalue weighted by atomic mass is 19.1. The Labute approximate surface area is 86.9 Å². The molecule has 0 radical (unpaired) electrons. The molecule has 1 aromatic carbocycles. The van der Waals surface area contributed by atoms with Gasteiger partial charge in [0.05, 0.1) is 7.11 Å². The SMILES string of the molecule is COc1cc(F)c(CCC(C)=O)c(F)c1. The maximum absolute atomic E-state index is 13.3. The smallest absolute Gasteiger partial charge is 0.133 e. The average molecular weight is 214 g/mol. The number of ether oxygens (including phenoxy) is 1. The molecule has 1 aromatic rings. The number of ketones is 1. The molecule has 82 valence electrons. The van der Waals surface area contributed by atoms with E-state index in [1.807, 2.05) is 0 Å². The molecule has 0 saturated heterocycles. The third-order valence-electron chi connectivity index (χ3n) is 2.08. The zero-order valence-electron chi connectivity index (χ0n) is 8.64. The van der Waals surface area contributed by atoms with Crippen molar-refractivity contribution in [3.63, 3.8) is 0 Å². The summed E-state index contributed by atoms with van der Waals surface area (Å²) in [7, 11) is 1.34. The first-order chi connectivity index (χ1) is 7.04. The van der Waals surface area contributed by atoms with Gasteiger partial charge in [0.25, 0.3) is 0 Å². The highest BCUT2D eigenvalue weighted by molar-refractivity contribution is 5.75. The molecule has 0 aromatic heterocycles. The number of methoxy groups -OCH3 is 1. The van der Waals surface area contributed by atoms with Gasteiger partial charge in [-0.15, -0.1) is 0 Å². The molecule has 0 unspecified atom stereocenters. The highest BCUT2D eigenvalue weighted by Gasteiger charge is 2.11. The third-order valence-corrected chi connectivity index (χ3v) is 2.08.